The van der Waals surface area contributed by atoms with Crippen LogP contribution in [0.4, 0.5) is 4.39 Å². The van der Waals surface area contributed by atoms with Gasteiger partial charge in [-0.15, -0.1) is 10.2 Å². The van der Waals surface area contributed by atoms with E-state index in [1.807, 2.05) is 6.07 Å². The number of pyridine rings is 1. The predicted molar refractivity (Wildman–Crippen MR) is 97.8 cm³/mol. The summed E-state index contributed by atoms with van der Waals surface area (Å²) in [4.78, 5) is 12.6. The summed E-state index contributed by atoms with van der Waals surface area (Å²) >= 11 is 1.24. The lowest BCUT2D eigenvalue weighted by Crippen LogP contribution is -1.97. The number of halogens is 1. The highest BCUT2D eigenvalue weighted by Gasteiger charge is 2.15. The summed E-state index contributed by atoms with van der Waals surface area (Å²) in [6.07, 6.45) is 4.73. The molecular formula is C18H10FN7OS. The summed E-state index contributed by atoms with van der Waals surface area (Å²) < 4.78 is 20.6. The second-order valence-electron chi connectivity index (χ2n) is 5.67. The molecule has 0 saturated heterocycles. The molecule has 28 heavy (non-hydrogen) atoms. The number of fused-ring (bicyclic) bond motifs is 1. The lowest BCUT2D eigenvalue weighted by Gasteiger charge is -2.05. The van der Waals surface area contributed by atoms with Gasteiger partial charge in [-0.1, -0.05) is 0 Å². The van der Waals surface area contributed by atoms with Gasteiger partial charge in [0.05, 0.1) is 5.69 Å². The summed E-state index contributed by atoms with van der Waals surface area (Å²) in [6.45, 7) is 0. The fraction of sp³-hybridized carbons (Fsp3) is 0. The Hall–Kier alpha value is -3.66. The number of hydrogen-bond acceptors (Lipinski definition) is 8. The minimum absolute atomic E-state index is 0.309. The molecule has 0 aliphatic heterocycles. The van der Waals surface area contributed by atoms with E-state index >= 15 is 0 Å². The molecule has 0 N–H and O–H groups in total. The van der Waals surface area contributed by atoms with E-state index in [9.17, 15) is 4.39 Å². The molecule has 1 aromatic carbocycles. The zero-order chi connectivity index (χ0) is 18.9. The van der Waals surface area contributed by atoms with E-state index < -0.39 is 0 Å². The minimum Gasteiger partial charge on any atom is -0.411 e. The molecule has 10 heteroatoms. The first kappa shape index (κ1) is 16.5. The summed E-state index contributed by atoms with van der Waals surface area (Å²) in [6, 6.07) is 11.5. The van der Waals surface area contributed by atoms with Crippen molar-refractivity contribution in [3.05, 3.63) is 67.0 Å². The van der Waals surface area contributed by atoms with Crippen molar-refractivity contribution in [2.45, 2.75) is 10.2 Å². The van der Waals surface area contributed by atoms with E-state index in [2.05, 4.69) is 30.2 Å². The van der Waals surface area contributed by atoms with Gasteiger partial charge >= 0.3 is 0 Å². The lowest BCUT2D eigenvalue weighted by atomic mass is 10.1. The van der Waals surface area contributed by atoms with Crippen LogP contribution >= 0.6 is 11.8 Å². The van der Waals surface area contributed by atoms with Gasteiger partial charge in [-0.2, -0.15) is 14.6 Å². The smallest absolute Gasteiger partial charge is 0.283 e. The van der Waals surface area contributed by atoms with Gasteiger partial charge in [-0.25, -0.2) is 9.37 Å². The normalized spacial score (nSPS) is 11.2. The number of rotatable bonds is 4. The molecule has 0 bridgehead atoms. The average Bonchev–Trinajstić information content (AvgIpc) is 3.39. The van der Waals surface area contributed by atoms with Crippen LogP contribution in [0.5, 0.6) is 0 Å². The molecule has 4 aromatic heterocycles. The van der Waals surface area contributed by atoms with Crippen LogP contribution in [0.3, 0.4) is 0 Å². The minimum atomic E-state index is -0.309. The Labute approximate surface area is 161 Å². The van der Waals surface area contributed by atoms with Crippen molar-refractivity contribution in [2.75, 3.05) is 0 Å². The SMILES string of the molecule is Fc1ccc(-c2cc(Sc3nnc(-c4ccncc4)o3)n3ncnc3n2)cc1. The van der Waals surface area contributed by atoms with Gasteiger partial charge in [0.15, 0.2) is 0 Å². The summed E-state index contributed by atoms with van der Waals surface area (Å²) in [7, 11) is 0. The molecule has 136 valence electrons. The Morgan fingerprint density at radius 1 is 0.964 bits per heavy atom. The highest BCUT2D eigenvalue weighted by atomic mass is 32.2. The highest BCUT2D eigenvalue weighted by Crippen LogP contribution is 2.31. The van der Waals surface area contributed by atoms with Crippen molar-refractivity contribution in [1.29, 1.82) is 0 Å². The molecule has 8 nitrogen and oxygen atoms in total. The van der Waals surface area contributed by atoms with Crippen LogP contribution in [-0.4, -0.2) is 34.8 Å². The molecule has 0 aliphatic carbocycles. The number of aromatic nitrogens is 7. The Morgan fingerprint density at radius 3 is 2.61 bits per heavy atom. The van der Waals surface area contributed by atoms with E-state index in [0.29, 0.717) is 27.6 Å². The van der Waals surface area contributed by atoms with Crippen LogP contribution < -0.4 is 0 Å². The zero-order valence-electron chi connectivity index (χ0n) is 14.1. The van der Waals surface area contributed by atoms with E-state index in [1.54, 1.807) is 41.2 Å². The van der Waals surface area contributed by atoms with Gasteiger partial charge in [-0.05, 0) is 54.2 Å². The molecule has 4 heterocycles. The van der Waals surface area contributed by atoms with Crippen LogP contribution in [-0.2, 0) is 0 Å². The first-order valence-electron chi connectivity index (χ1n) is 8.15. The average molecular weight is 391 g/mol. The first-order chi connectivity index (χ1) is 13.8. The molecule has 0 unspecified atom stereocenters. The Balaban J connectivity index is 1.53. The monoisotopic (exact) mass is 391 g/mol. The number of hydrogen-bond donors (Lipinski definition) is 0. The summed E-state index contributed by atoms with van der Waals surface area (Å²) in [5.41, 5.74) is 2.18. The van der Waals surface area contributed by atoms with Crippen LogP contribution in [0.15, 0.2) is 75.9 Å². The van der Waals surface area contributed by atoms with E-state index in [-0.39, 0.29) is 5.82 Å². The van der Waals surface area contributed by atoms with Crippen molar-refractivity contribution in [2.24, 2.45) is 0 Å². The lowest BCUT2D eigenvalue weighted by molar-refractivity contribution is 0.465. The Kier molecular flexibility index (Phi) is 4.02. The molecule has 5 aromatic rings. The van der Waals surface area contributed by atoms with Crippen LogP contribution in [0, 0.1) is 5.82 Å². The van der Waals surface area contributed by atoms with Crippen molar-refractivity contribution in [3.8, 4) is 22.7 Å². The predicted octanol–water partition coefficient (Wildman–Crippen LogP) is 3.53. The standard InChI is InChI=1S/C18H10FN7OS/c19-13-3-1-11(2-4-13)14-9-15(26-17(23-14)21-10-22-26)28-18-25-24-16(27-18)12-5-7-20-8-6-12/h1-10H. The summed E-state index contributed by atoms with van der Waals surface area (Å²) in [5.74, 6) is 0.502. The van der Waals surface area contributed by atoms with Gasteiger partial charge in [0.25, 0.3) is 11.0 Å². The number of benzene rings is 1. The maximum absolute atomic E-state index is 13.2. The fourth-order valence-electron chi connectivity index (χ4n) is 2.58. The molecular weight excluding hydrogens is 381 g/mol. The second kappa shape index (κ2) is 6.82. The quantitative estimate of drug-likeness (QED) is 0.430. The molecule has 0 saturated carbocycles. The molecule has 0 spiro atoms. The summed E-state index contributed by atoms with van der Waals surface area (Å²) in [5, 5.41) is 13.4. The molecule has 0 aliphatic rings. The van der Waals surface area contributed by atoms with Crippen molar-refractivity contribution >= 4 is 17.5 Å². The van der Waals surface area contributed by atoms with E-state index in [1.165, 1.54) is 30.2 Å². The third-order valence-electron chi connectivity index (χ3n) is 3.88. The zero-order valence-corrected chi connectivity index (χ0v) is 14.9. The Bertz CT molecular complexity index is 1250. The van der Waals surface area contributed by atoms with Gasteiger partial charge in [0, 0.05) is 23.5 Å². The molecule has 0 amide bonds. The largest absolute Gasteiger partial charge is 0.411 e. The first-order valence-corrected chi connectivity index (χ1v) is 8.96. The van der Waals surface area contributed by atoms with Crippen molar-refractivity contribution in [3.63, 3.8) is 0 Å². The van der Waals surface area contributed by atoms with E-state index in [4.69, 9.17) is 4.42 Å². The van der Waals surface area contributed by atoms with Crippen LogP contribution in [0.25, 0.3) is 28.5 Å². The molecule has 0 atom stereocenters. The van der Waals surface area contributed by atoms with Crippen molar-refractivity contribution in [1.82, 2.24) is 34.8 Å². The van der Waals surface area contributed by atoms with Crippen LogP contribution in [0.2, 0.25) is 0 Å². The third kappa shape index (κ3) is 3.09. The van der Waals surface area contributed by atoms with Gasteiger partial charge < -0.3 is 4.42 Å². The topological polar surface area (TPSA) is 94.9 Å². The van der Waals surface area contributed by atoms with Gasteiger partial charge in [-0.3, -0.25) is 4.98 Å². The maximum Gasteiger partial charge on any atom is 0.283 e. The molecule has 0 radical (unpaired) electrons. The second-order valence-corrected chi connectivity index (χ2v) is 6.64. The van der Waals surface area contributed by atoms with Crippen LogP contribution in [0.1, 0.15) is 0 Å². The van der Waals surface area contributed by atoms with Gasteiger partial charge in [0.1, 0.15) is 17.2 Å². The number of nitrogens with zero attached hydrogens (tertiary/aromatic N) is 7. The van der Waals surface area contributed by atoms with Crippen molar-refractivity contribution < 1.29 is 8.81 Å². The van der Waals surface area contributed by atoms with Gasteiger partial charge in [0.2, 0.25) is 5.89 Å². The highest BCUT2D eigenvalue weighted by molar-refractivity contribution is 7.99. The third-order valence-corrected chi connectivity index (χ3v) is 4.72. The Morgan fingerprint density at radius 2 is 1.79 bits per heavy atom. The van der Waals surface area contributed by atoms with E-state index in [0.717, 1.165) is 11.1 Å². The molecule has 5 rings (SSSR count). The maximum atomic E-state index is 13.2. The fourth-order valence-corrected chi connectivity index (χ4v) is 3.35. The molecule has 0 fully saturated rings.